The molecule has 6 nitrogen and oxygen atoms in total. The van der Waals surface area contributed by atoms with E-state index in [1.54, 1.807) is 25.3 Å². The third kappa shape index (κ3) is 2.58. The average Bonchev–Trinajstić information content (AvgIpc) is 2.62. The van der Waals surface area contributed by atoms with Gasteiger partial charge in [0.1, 0.15) is 17.9 Å². The summed E-state index contributed by atoms with van der Waals surface area (Å²) < 4.78 is 20.2. The molecule has 0 fully saturated rings. The van der Waals surface area contributed by atoms with Gasteiger partial charge in [-0.25, -0.2) is 19.2 Å². The number of carbonyl (C=O) groups is 1. The average molecular weight is 403 g/mol. The van der Waals surface area contributed by atoms with E-state index in [1.165, 1.54) is 11.2 Å². The number of ether oxygens (including phenoxy) is 1. The van der Waals surface area contributed by atoms with Gasteiger partial charge in [-0.1, -0.05) is 12.1 Å². The maximum atomic E-state index is 14.8. The fourth-order valence-corrected chi connectivity index (χ4v) is 3.24. The predicted molar refractivity (Wildman–Crippen MR) is 95.4 cm³/mol. The van der Waals surface area contributed by atoms with Crippen LogP contribution in [0.1, 0.15) is 5.56 Å². The fraction of sp³-hybridized carbons (Fsp3) is 0.118. The van der Waals surface area contributed by atoms with Gasteiger partial charge in [0.25, 0.3) is 0 Å². The van der Waals surface area contributed by atoms with E-state index in [1.807, 2.05) is 12.1 Å². The largest absolute Gasteiger partial charge is 0.497 e. The van der Waals surface area contributed by atoms with Crippen LogP contribution in [0, 0.1) is 5.82 Å². The van der Waals surface area contributed by atoms with Gasteiger partial charge >= 0.3 is 6.03 Å². The molecule has 0 bridgehead atoms. The highest BCUT2D eigenvalue weighted by atomic mass is 79.9. The first-order valence-corrected chi connectivity index (χ1v) is 8.22. The second-order valence-corrected chi connectivity index (χ2v) is 6.36. The first-order valence-electron chi connectivity index (χ1n) is 7.42. The summed E-state index contributed by atoms with van der Waals surface area (Å²) >= 11 is 3.20. The van der Waals surface area contributed by atoms with Crippen molar-refractivity contribution in [3.63, 3.8) is 0 Å². The minimum atomic E-state index is -0.521. The summed E-state index contributed by atoms with van der Waals surface area (Å²) in [7, 11) is 1.58. The van der Waals surface area contributed by atoms with Crippen LogP contribution in [0.5, 0.6) is 5.75 Å². The number of hydrogen-bond donors (Lipinski definition) is 1. The Morgan fingerprint density at radius 3 is 2.76 bits per heavy atom. The SMILES string of the molecule is COc1ccc(CN2C(=O)Nc3ncnc4cc(Br)c(F)c2c34)cc1. The molecule has 0 radical (unpaired) electrons. The smallest absolute Gasteiger partial charge is 0.327 e. The molecular weight excluding hydrogens is 391 g/mol. The van der Waals surface area contributed by atoms with Crippen molar-refractivity contribution in [3.8, 4) is 5.75 Å². The zero-order chi connectivity index (χ0) is 17.6. The van der Waals surface area contributed by atoms with Gasteiger partial charge < -0.3 is 4.74 Å². The minimum absolute atomic E-state index is 0.166. The van der Waals surface area contributed by atoms with Crippen molar-refractivity contribution in [1.82, 2.24) is 9.97 Å². The maximum Gasteiger partial charge on any atom is 0.327 e. The first kappa shape index (κ1) is 15.8. The number of carbonyl (C=O) groups excluding carboxylic acids is 1. The summed E-state index contributed by atoms with van der Waals surface area (Å²) in [4.78, 5) is 22.1. The number of nitrogens with zero attached hydrogens (tertiary/aromatic N) is 3. The van der Waals surface area contributed by atoms with Gasteiger partial charge in [-0.05, 0) is 39.7 Å². The van der Waals surface area contributed by atoms with Crippen molar-refractivity contribution < 1.29 is 13.9 Å². The molecule has 0 saturated heterocycles. The van der Waals surface area contributed by atoms with E-state index in [-0.39, 0.29) is 16.7 Å². The van der Waals surface area contributed by atoms with E-state index < -0.39 is 11.8 Å². The third-order valence-electron chi connectivity index (χ3n) is 4.03. The molecule has 1 aromatic heterocycles. The number of rotatable bonds is 3. The van der Waals surface area contributed by atoms with Gasteiger partial charge in [-0.2, -0.15) is 0 Å². The maximum absolute atomic E-state index is 14.8. The van der Waals surface area contributed by atoms with Crippen LogP contribution in [-0.2, 0) is 6.54 Å². The van der Waals surface area contributed by atoms with Gasteiger partial charge in [0.05, 0.1) is 34.7 Å². The lowest BCUT2D eigenvalue weighted by Crippen LogP contribution is -2.38. The summed E-state index contributed by atoms with van der Waals surface area (Å²) in [6.45, 7) is 0.201. The second-order valence-electron chi connectivity index (χ2n) is 5.50. The van der Waals surface area contributed by atoms with E-state index in [4.69, 9.17) is 4.74 Å². The van der Waals surface area contributed by atoms with E-state index in [2.05, 4.69) is 31.2 Å². The Morgan fingerprint density at radius 2 is 2.04 bits per heavy atom. The standard InChI is InChI=1S/C17H12BrFN4O2/c1-25-10-4-2-9(3-5-10)7-23-15-13-12(6-11(18)14(15)19)20-8-21-16(13)22-17(23)24/h2-6,8H,7H2,1H3,(H,20,21,22,24). The van der Waals surface area contributed by atoms with Crippen molar-refractivity contribution in [2.24, 2.45) is 0 Å². The summed E-state index contributed by atoms with van der Waals surface area (Å²) in [5, 5.41) is 3.18. The van der Waals surface area contributed by atoms with Crippen molar-refractivity contribution in [3.05, 3.63) is 52.5 Å². The van der Waals surface area contributed by atoms with Crippen LogP contribution in [-0.4, -0.2) is 23.1 Å². The van der Waals surface area contributed by atoms with Crippen LogP contribution in [0.4, 0.5) is 20.7 Å². The molecule has 2 amide bonds. The number of nitrogens with one attached hydrogen (secondary N) is 1. The molecule has 8 heteroatoms. The summed E-state index contributed by atoms with van der Waals surface area (Å²) in [5.74, 6) is 0.496. The molecule has 2 aromatic carbocycles. The minimum Gasteiger partial charge on any atom is -0.497 e. The first-order chi connectivity index (χ1) is 12.1. The van der Waals surface area contributed by atoms with Crippen LogP contribution in [0.2, 0.25) is 0 Å². The fourth-order valence-electron chi connectivity index (χ4n) is 2.83. The normalized spacial score (nSPS) is 13.1. The van der Waals surface area contributed by atoms with Crippen LogP contribution in [0.3, 0.4) is 0 Å². The van der Waals surface area contributed by atoms with E-state index in [0.717, 1.165) is 5.56 Å². The Labute approximate surface area is 150 Å². The van der Waals surface area contributed by atoms with Crippen LogP contribution >= 0.6 is 15.9 Å². The molecule has 1 aliphatic rings. The quantitative estimate of drug-likeness (QED) is 0.716. The van der Waals surface area contributed by atoms with Crippen molar-refractivity contribution in [2.45, 2.75) is 6.54 Å². The highest BCUT2D eigenvalue weighted by Crippen LogP contribution is 2.40. The zero-order valence-corrected chi connectivity index (χ0v) is 14.7. The Balaban J connectivity index is 1.85. The molecule has 3 aromatic rings. The summed E-state index contributed by atoms with van der Waals surface area (Å²) in [6.07, 6.45) is 1.34. The Kier molecular flexibility index (Phi) is 3.76. The molecule has 1 aliphatic heterocycles. The number of anilines is 2. The monoisotopic (exact) mass is 402 g/mol. The molecule has 2 heterocycles. The van der Waals surface area contributed by atoms with Crippen molar-refractivity contribution >= 4 is 44.4 Å². The van der Waals surface area contributed by atoms with E-state index in [9.17, 15) is 9.18 Å². The molecular formula is C17H12BrFN4O2. The number of benzene rings is 2. The number of amides is 2. The summed E-state index contributed by atoms with van der Waals surface area (Å²) in [5.41, 5.74) is 1.55. The molecule has 0 unspecified atom stereocenters. The second kappa shape index (κ2) is 5.96. The zero-order valence-electron chi connectivity index (χ0n) is 13.1. The molecule has 0 aliphatic carbocycles. The number of hydrogen-bond acceptors (Lipinski definition) is 4. The molecule has 0 spiro atoms. The highest BCUT2D eigenvalue weighted by Gasteiger charge is 2.31. The Hall–Kier alpha value is -2.74. The topological polar surface area (TPSA) is 67.3 Å². The van der Waals surface area contributed by atoms with E-state index >= 15 is 0 Å². The van der Waals surface area contributed by atoms with Gasteiger partial charge in [0.2, 0.25) is 0 Å². The molecule has 126 valence electrons. The lowest BCUT2D eigenvalue weighted by molar-refractivity contribution is 0.256. The van der Waals surface area contributed by atoms with Crippen LogP contribution in [0.25, 0.3) is 10.9 Å². The van der Waals surface area contributed by atoms with Crippen LogP contribution in [0.15, 0.2) is 41.1 Å². The molecule has 4 rings (SSSR count). The van der Waals surface area contributed by atoms with Crippen molar-refractivity contribution in [1.29, 1.82) is 0 Å². The lowest BCUT2D eigenvalue weighted by atomic mass is 10.1. The number of methoxy groups -OCH3 is 1. The number of urea groups is 1. The number of halogens is 2. The van der Waals surface area contributed by atoms with Gasteiger partial charge in [-0.3, -0.25) is 10.2 Å². The molecule has 0 saturated carbocycles. The summed E-state index contributed by atoms with van der Waals surface area (Å²) in [6, 6.07) is 8.37. The Morgan fingerprint density at radius 1 is 1.28 bits per heavy atom. The van der Waals surface area contributed by atoms with Crippen molar-refractivity contribution in [2.75, 3.05) is 17.3 Å². The molecule has 0 atom stereocenters. The Bertz CT molecular complexity index is 994. The number of aromatic nitrogens is 2. The molecule has 1 N–H and O–H groups in total. The van der Waals surface area contributed by atoms with Crippen LogP contribution < -0.4 is 15.0 Å². The van der Waals surface area contributed by atoms with Gasteiger partial charge in [0.15, 0.2) is 5.82 Å². The highest BCUT2D eigenvalue weighted by molar-refractivity contribution is 9.10. The van der Waals surface area contributed by atoms with Gasteiger partial charge in [0, 0.05) is 0 Å². The van der Waals surface area contributed by atoms with E-state index in [0.29, 0.717) is 22.5 Å². The lowest BCUT2D eigenvalue weighted by Gasteiger charge is -2.29. The third-order valence-corrected chi connectivity index (χ3v) is 4.61. The molecule has 25 heavy (non-hydrogen) atoms. The van der Waals surface area contributed by atoms with Gasteiger partial charge in [-0.15, -0.1) is 0 Å². The predicted octanol–water partition coefficient (Wildman–Crippen LogP) is 4.09.